The van der Waals surface area contributed by atoms with Crippen LogP contribution in [-0.2, 0) is 20.5 Å². The smallest absolute Gasteiger partial charge is 0.332 e. The number of H-pyrrole nitrogens is 1. The first-order valence-corrected chi connectivity index (χ1v) is 9.93. The van der Waals surface area contributed by atoms with Crippen molar-refractivity contribution in [2.45, 2.75) is 12.8 Å². The first-order valence-electron chi connectivity index (χ1n) is 9.93. The molecule has 0 bridgehead atoms. The van der Waals surface area contributed by atoms with Crippen LogP contribution in [0.25, 0.3) is 22.5 Å². The van der Waals surface area contributed by atoms with E-state index in [2.05, 4.69) is 20.4 Å². The summed E-state index contributed by atoms with van der Waals surface area (Å²) in [6.45, 7) is 0.373. The largest absolute Gasteiger partial charge is 0.497 e. The van der Waals surface area contributed by atoms with Gasteiger partial charge in [0, 0.05) is 38.7 Å². The number of aryl methyl sites for hydroxylation is 2. The van der Waals surface area contributed by atoms with E-state index in [1.807, 2.05) is 12.1 Å². The molecular weight excluding hydrogens is 416 g/mol. The van der Waals surface area contributed by atoms with Crippen LogP contribution < -0.4 is 21.3 Å². The number of carbonyl (C=O) groups excluding carboxylic acids is 1. The van der Waals surface area contributed by atoms with Gasteiger partial charge < -0.3 is 19.6 Å². The molecule has 11 nitrogen and oxygen atoms in total. The fourth-order valence-electron chi connectivity index (χ4n) is 3.31. The average molecular weight is 438 g/mol. The Kier molecular flexibility index (Phi) is 5.63. The number of carbonyl (C=O) groups is 1. The van der Waals surface area contributed by atoms with Crippen LogP contribution in [0.3, 0.4) is 0 Å². The van der Waals surface area contributed by atoms with Gasteiger partial charge in [-0.1, -0.05) is 5.16 Å². The third kappa shape index (κ3) is 3.92. The van der Waals surface area contributed by atoms with E-state index in [1.165, 1.54) is 11.6 Å². The fourth-order valence-corrected chi connectivity index (χ4v) is 3.31. The van der Waals surface area contributed by atoms with E-state index >= 15 is 0 Å². The van der Waals surface area contributed by atoms with Crippen LogP contribution in [0.4, 0.5) is 0 Å². The lowest BCUT2D eigenvalue weighted by Gasteiger charge is -2.01. The number of aromatic nitrogens is 5. The molecular formula is C21H22N6O5. The quantitative estimate of drug-likeness (QED) is 0.411. The van der Waals surface area contributed by atoms with E-state index < -0.39 is 11.2 Å². The van der Waals surface area contributed by atoms with E-state index in [0.717, 1.165) is 15.9 Å². The summed E-state index contributed by atoms with van der Waals surface area (Å²) in [4.78, 5) is 43.9. The van der Waals surface area contributed by atoms with Crippen LogP contribution in [0, 0.1) is 0 Å². The van der Waals surface area contributed by atoms with Gasteiger partial charge in [-0.3, -0.25) is 18.7 Å². The van der Waals surface area contributed by atoms with Crippen molar-refractivity contribution >= 4 is 17.1 Å². The normalized spacial score (nSPS) is 11.1. The Morgan fingerprint density at radius 3 is 2.66 bits per heavy atom. The van der Waals surface area contributed by atoms with Crippen molar-refractivity contribution in [3.05, 3.63) is 62.7 Å². The van der Waals surface area contributed by atoms with Crippen molar-refractivity contribution in [1.29, 1.82) is 0 Å². The summed E-state index contributed by atoms with van der Waals surface area (Å²) in [6, 6.07) is 8.80. The molecule has 4 aromatic rings. The molecule has 3 heterocycles. The molecule has 2 N–H and O–H groups in total. The van der Waals surface area contributed by atoms with Gasteiger partial charge in [0.15, 0.2) is 17.1 Å². The van der Waals surface area contributed by atoms with Crippen LogP contribution in [-0.4, -0.2) is 43.8 Å². The van der Waals surface area contributed by atoms with Gasteiger partial charge in [0.1, 0.15) is 17.1 Å². The number of hydrogen-bond donors (Lipinski definition) is 2. The number of amides is 1. The molecule has 0 aliphatic carbocycles. The maximum absolute atomic E-state index is 12.3. The molecule has 0 aliphatic heterocycles. The predicted octanol–water partition coefficient (Wildman–Crippen LogP) is 0.987. The molecule has 0 atom stereocenters. The number of benzene rings is 1. The summed E-state index contributed by atoms with van der Waals surface area (Å²) in [5, 5.41) is 6.61. The first kappa shape index (κ1) is 21.1. The van der Waals surface area contributed by atoms with E-state index in [4.69, 9.17) is 9.26 Å². The number of imidazole rings is 1. The second-order valence-electron chi connectivity index (χ2n) is 7.25. The van der Waals surface area contributed by atoms with Crippen molar-refractivity contribution < 1.29 is 14.1 Å². The number of ether oxygens (including phenoxy) is 1. The van der Waals surface area contributed by atoms with Crippen LogP contribution in [0.5, 0.6) is 5.75 Å². The second-order valence-corrected chi connectivity index (χ2v) is 7.25. The van der Waals surface area contributed by atoms with Gasteiger partial charge in [-0.25, -0.2) is 9.78 Å². The molecule has 3 aromatic heterocycles. The summed E-state index contributed by atoms with van der Waals surface area (Å²) in [5.74, 6) is 1.41. The number of hydrogen-bond acceptors (Lipinski definition) is 7. The number of rotatable bonds is 7. The summed E-state index contributed by atoms with van der Waals surface area (Å²) in [5.41, 5.74) is 0.692. The number of methoxy groups -OCH3 is 1. The summed E-state index contributed by atoms with van der Waals surface area (Å²) in [7, 11) is 4.57. The number of nitrogens with one attached hydrogen (secondary N) is 2. The Balaban J connectivity index is 1.35. The molecule has 32 heavy (non-hydrogen) atoms. The number of aromatic amines is 1. The molecule has 11 heteroatoms. The highest BCUT2D eigenvalue weighted by molar-refractivity contribution is 5.93. The highest BCUT2D eigenvalue weighted by Crippen LogP contribution is 2.23. The Labute approximate surface area is 181 Å². The average Bonchev–Trinajstić information content (AvgIpc) is 3.47. The molecule has 0 saturated heterocycles. The molecule has 0 radical (unpaired) electrons. The molecule has 0 saturated carbocycles. The maximum Gasteiger partial charge on any atom is 0.332 e. The Morgan fingerprint density at radius 2 is 1.94 bits per heavy atom. The summed E-state index contributed by atoms with van der Waals surface area (Å²) >= 11 is 0. The number of nitrogens with zero attached hydrogens (tertiary/aromatic N) is 4. The summed E-state index contributed by atoms with van der Waals surface area (Å²) < 4.78 is 12.7. The van der Waals surface area contributed by atoms with Gasteiger partial charge in [0.05, 0.1) is 7.11 Å². The number of fused-ring (bicyclic) bond motifs is 1. The Morgan fingerprint density at radius 1 is 1.19 bits per heavy atom. The lowest BCUT2D eigenvalue weighted by atomic mass is 10.1. The van der Waals surface area contributed by atoms with Gasteiger partial charge in [0.25, 0.3) is 11.5 Å². The van der Waals surface area contributed by atoms with Crippen LogP contribution in [0.2, 0.25) is 0 Å². The molecule has 0 unspecified atom stereocenters. The monoisotopic (exact) mass is 438 g/mol. The topological polar surface area (TPSA) is 137 Å². The fraction of sp³-hybridized carbons (Fsp3) is 0.286. The third-order valence-electron chi connectivity index (χ3n) is 5.14. The molecule has 166 valence electrons. The predicted molar refractivity (Wildman–Crippen MR) is 116 cm³/mol. The van der Waals surface area contributed by atoms with Crippen molar-refractivity contribution in [2.75, 3.05) is 13.7 Å². The third-order valence-corrected chi connectivity index (χ3v) is 5.14. The van der Waals surface area contributed by atoms with Gasteiger partial charge in [0.2, 0.25) is 0 Å². The molecule has 0 fully saturated rings. The van der Waals surface area contributed by atoms with Crippen molar-refractivity contribution in [3.8, 4) is 17.1 Å². The van der Waals surface area contributed by atoms with Crippen molar-refractivity contribution in [3.63, 3.8) is 0 Å². The summed E-state index contributed by atoms with van der Waals surface area (Å²) in [6.07, 6.45) is 1.06. The minimum atomic E-state index is -0.436. The van der Waals surface area contributed by atoms with Crippen molar-refractivity contribution in [2.24, 2.45) is 14.1 Å². The zero-order chi connectivity index (χ0) is 22.8. The zero-order valence-electron chi connectivity index (χ0n) is 17.8. The zero-order valence-corrected chi connectivity index (χ0v) is 17.8. The second kappa shape index (κ2) is 8.53. The van der Waals surface area contributed by atoms with Gasteiger partial charge in [-0.15, -0.1) is 0 Å². The molecule has 1 aromatic carbocycles. The lowest BCUT2D eigenvalue weighted by molar-refractivity contribution is 0.0944. The Bertz CT molecular complexity index is 1390. The highest BCUT2D eigenvalue weighted by atomic mass is 16.5. The van der Waals surface area contributed by atoms with E-state index in [1.54, 1.807) is 32.4 Å². The standard InChI is InChI=1S/C21H22N6O5/c1-26-18-17(20(29)27(2)21(26)30)23-16(24-18)5-4-10-22-19(28)14-11-15(32-25-14)12-6-8-13(31-3)9-7-12/h6-9,11H,4-5,10H2,1-3H3,(H,22,28)(H,23,24). The molecule has 0 spiro atoms. The van der Waals surface area contributed by atoms with Gasteiger partial charge in [-0.2, -0.15) is 0 Å². The van der Waals surface area contributed by atoms with Gasteiger partial charge in [-0.05, 0) is 30.7 Å². The highest BCUT2D eigenvalue weighted by Gasteiger charge is 2.15. The van der Waals surface area contributed by atoms with E-state index in [0.29, 0.717) is 36.6 Å². The van der Waals surface area contributed by atoms with Crippen LogP contribution in [0.15, 0.2) is 44.4 Å². The van der Waals surface area contributed by atoms with E-state index in [9.17, 15) is 14.4 Å². The van der Waals surface area contributed by atoms with Crippen molar-refractivity contribution in [1.82, 2.24) is 29.6 Å². The van der Waals surface area contributed by atoms with Crippen LogP contribution >= 0.6 is 0 Å². The molecule has 4 rings (SSSR count). The molecule has 0 aliphatic rings. The Hall–Kier alpha value is -4.15. The molecule has 1 amide bonds. The van der Waals surface area contributed by atoms with Gasteiger partial charge >= 0.3 is 5.69 Å². The minimum Gasteiger partial charge on any atom is -0.497 e. The lowest BCUT2D eigenvalue weighted by Crippen LogP contribution is -2.36. The SMILES string of the molecule is COc1ccc(-c2cc(C(=O)NCCCc3nc4c([nH]3)c(=O)n(C)c(=O)n4C)no2)cc1. The van der Waals surface area contributed by atoms with Crippen LogP contribution in [0.1, 0.15) is 22.7 Å². The van der Waals surface area contributed by atoms with E-state index in [-0.39, 0.29) is 17.1 Å². The first-order chi connectivity index (χ1) is 15.4. The maximum atomic E-state index is 12.3. The minimum absolute atomic E-state index is 0.179.